The normalized spacial score (nSPS) is 14.3. The van der Waals surface area contributed by atoms with Crippen LogP contribution in [-0.4, -0.2) is 60.9 Å². The SMILES string of the molecule is COc1cc(C)nc(Cc2nc(Cc3ccn4ccnc4c3)cc(N3CCC(C)(C)C3)n2)c1.O=C(O)O. The van der Waals surface area contributed by atoms with Gasteiger partial charge in [-0.2, -0.15) is 0 Å². The smallest absolute Gasteiger partial charge is 0.497 e. The van der Waals surface area contributed by atoms with Gasteiger partial charge in [-0.3, -0.25) is 4.98 Å². The van der Waals surface area contributed by atoms with Gasteiger partial charge in [0.15, 0.2) is 0 Å². The number of carbonyl (C=O) groups is 1. The molecule has 4 aromatic heterocycles. The summed E-state index contributed by atoms with van der Waals surface area (Å²) in [5, 5.41) is 13.9. The summed E-state index contributed by atoms with van der Waals surface area (Å²) in [5.74, 6) is 2.60. The van der Waals surface area contributed by atoms with E-state index >= 15 is 0 Å². The van der Waals surface area contributed by atoms with E-state index in [1.807, 2.05) is 42.0 Å². The Balaban J connectivity index is 0.000000747. The fraction of sp³-hybridized carbons (Fsp3) is 0.370. The molecule has 0 spiro atoms. The van der Waals surface area contributed by atoms with Gasteiger partial charge in [-0.15, -0.1) is 0 Å². The van der Waals surface area contributed by atoms with Gasteiger partial charge in [0.05, 0.1) is 24.9 Å². The maximum absolute atomic E-state index is 8.56. The van der Waals surface area contributed by atoms with Crippen molar-refractivity contribution in [2.45, 2.75) is 40.0 Å². The summed E-state index contributed by atoms with van der Waals surface area (Å²) in [6.45, 7) is 8.63. The number of hydrogen-bond donors (Lipinski definition) is 2. The van der Waals surface area contributed by atoms with Crippen molar-refractivity contribution >= 4 is 17.6 Å². The molecule has 1 saturated heterocycles. The van der Waals surface area contributed by atoms with Crippen molar-refractivity contribution in [2.75, 3.05) is 25.1 Å². The van der Waals surface area contributed by atoms with Crippen LogP contribution < -0.4 is 9.64 Å². The molecular formula is C27H32N6O4. The van der Waals surface area contributed by atoms with E-state index in [1.165, 1.54) is 5.56 Å². The zero-order valence-electron chi connectivity index (χ0n) is 21.5. The largest absolute Gasteiger partial charge is 0.503 e. The molecule has 0 aromatic carbocycles. The van der Waals surface area contributed by atoms with Crippen molar-refractivity contribution in [3.8, 4) is 5.75 Å². The zero-order valence-corrected chi connectivity index (χ0v) is 21.5. The minimum atomic E-state index is -1.83. The Morgan fingerprint density at radius 1 is 1.05 bits per heavy atom. The van der Waals surface area contributed by atoms with Gasteiger partial charge in [-0.1, -0.05) is 13.8 Å². The van der Waals surface area contributed by atoms with E-state index in [0.717, 1.165) is 66.1 Å². The Labute approximate surface area is 215 Å². The Morgan fingerprint density at radius 3 is 2.51 bits per heavy atom. The molecule has 4 aromatic rings. The number of pyridine rings is 2. The maximum atomic E-state index is 8.56. The summed E-state index contributed by atoms with van der Waals surface area (Å²) in [4.78, 5) is 29.9. The molecule has 1 aliphatic heterocycles. The lowest BCUT2D eigenvalue weighted by molar-refractivity contribution is 0.137. The summed E-state index contributed by atoms with van der Waals surface area (Å²) in [5.41, 5.74) is 5.27. The monoisotopic (exact) mass is 504 g/mol. The molecule has 194 valence electrons. The number of aryl methyl sites for hydroxylation is 1. The molecular weight excluding hydrogens is 472 g/mol. The van der Waals surface area contributed by atoms with Gasteiger partial charge in [-0.05, 0) is 36.5 Å². The lowest BCUT2D eigenvalue weighted by atomic mass is 9.93. The third kappa shape index (κ3) is 6.93. The first kappa shape index (κ1) is 25.9. The molecule has 0 aliphatic carbocycles. The first-order valence-electron chi connectivity index (χ1n) is 12.1. The quantitative estimate of drug-likeness (QED) is 0.391. The van der Waals surface area contributed by atoms with Gasteiger partial charge in [-0.25, -0.2) is 19.7 Å². The highest BCUT2D eigenvalue weighted by atomic mass is 16.6. The molecule has 0 amide bonds. The third-order valence-electron chi connectivity index (χ3n) is 6.22. The number of ether oxygens (including phenoxy) is 1. The van der Waals surface area contributed by atoms with Gasteiger partial charge in [0.1, 0.15) is 23.0 Å². The van der Waals surface area contributed by atoms with Crippen LogP contribution in [0.4, 0.5) is 10.6 Å². The molecule has 0 bridgehead atoms. The minimum Gasteiger partial charge on any atom is -0.497 e. The van der Waals surface area contributed by atoms with Crippen LogP contribution in [0.3, 0.4) is 0 Å². The summed E-state index contributed by atoms with van der Waals surface area (Å²) in [7, 11) is 1.68. The number of hydrogen-bond acceptors (Lipinski definition) is 7. The average Bonchev–Trinajstić information content (AvgIpc) is 3.43. The summed E-state index contributed by atoms with van der Waals surface area (Å²) in [6, 6.07) is 10.3. The molecule has 10 nitrogen and oxygen atoms in total. The highest BCUT2D eigenvalue weighted by Gasteiger charge is 2.30. The van der Waals surface area contributed by atoms with E-state index < -0.39 is 6.16 Å². The number of carboxylic acid groups (broad SMARTS) is 2. The third-order valence-corrected chi connectivity index (χ3v) is 6.22. The van der Waals surface area contributed by atoms with Crippen molar-refractivity contribution in [3.63, 3.8) is 0 Å². The van der Waals surface area contributed by atoms with Crippen LogP contribution in [0.15, 0.2) is 48.9 Å². The van der Waals surface area contributed by atoms with Crippen LogP contribution in [0.5, 0.6) is 5.75 Å². The molecule has 1 aliphatic rings. The average molecular weight is 505 g/mol. The molecule has 5 heterocycles. The molecule has 10 heteroatoms. The lowest BCUT2D eigenvalue weighted by Gasteiger charge is -2.21. The van der Waals surface area contributed by atoms with Crippen LogP contribution in [0.1, 0.15) is 48.7 Å². The van der Waals surface area contributed by atoms with Crippen molar-refractivity contribution in [3.05, 3.63) is 77.4 Å². The van der Waals surface area contributed by atoms with E-state index in [9.17, 15) is 0 Å². The molecule has 2 N–H and O–H groups in total. The van der Waals surface area contributed by atoms with Gasteiger partial charge >= 0.3 is 6.16 Å². The fourth-order valence-corrected chi connectivity index (χ4v) is 4.52. The Morgan fingerprint density at radius 2 is 1.81 bits per heavy atom. The first-order valence-corrected chi connectivity index (χ1v) is 12.1. The minimum absolute atomic E-state index is 0.294. The van der Waals surface area contributed by atoms with Gasteiger partial charge in [0.25, 0.3) is 0 Å². The first-order chi connectivity index (χ1) is 17.6. The van der Waals surface area contributed by atoms with Crippen LogP contribution in [0.2, 0.25) is 0 Å². The van der Waals surface area contributed by atoms with Crippen LogP contribution >= 0.6 is 0 Å². The van der Waals surface area contributed by atoms with E-state index in [4.69, 9.17) is 29.7 Å². The van der Waals surface area contributed by atoms with Crippen LogP contribution in [0, 0.1) is 12.3 Å². The lowest BCUT2D eigenvalue weighted by Crippen LogP contribution is -2.24. The van der Waals surface area contributed by atoms with E-state index in [1.54, 1.807) is 7.11 Å². The van der Waals surface area contributed by atoms with E-state index in [0.29, 0.717) is 11.8 Å². The zero-order chi connectivity index (χ0) is 26.6. The Kier molecular flexibility index (Phi) is 7.56. The number of anilines is 1. The number of aromatic nitrogens is 5. The molecule has 0 saturated carbocycles. The topological polar surface area (TPSA) is 126 Å². The fourth-order valence-electron chi connectivity index (χ4n) is 4.52. The van der Waals surface area contributed by atoms with Crippen molar-refractivity contribution in [1.82, 2.24) is 24.3 Å². The molecule has 5 rings (SSSR count). The van der Waals surface area contributed by atoms with Crippen molar-refractivity contribution in [2.24, 2.45) is 5.41 Å². The second-order valence-corrected chi connectivity index (χ2v) is 9.97. The predicted octanol–water partition coefficient (Wildman–Crippen LogP) is 4.48. The highest BCUT2D eigenvalue weighted by molar-refractivity contribution is 5.53. The molecule has 0 radical (unpaired) electrons. The van der Waals surface area contributed by atoms with E-state index in [2.05, 4.69) is 46.9 Å². The summed E-state index contributed by atoms with van der Waals surface area (Å²) >= 11 is 0. The summed E-state index contributed by atoms with van der Waals surface area (Å²) < 4.78 is 7.45. The Bertz CT molecular complexity index is 1400. The van der Waals surface area contributed by atoms with Crippen molar-refractivity contribution in [1.29, 1.82) is 0 Å². The van der Waals surface area contributed by atoms with E-state index in [-0.39, 0.29) is 0 Å². The second kappa shape index (κ2) is 10.8. The number of fused-ring (bicyclic) bond motifs is 1. The number of rotatable bonds is 6. The van der Waals surface area contributed by atoms with Crippen molar-refractivity contribution < 1.29 is 19.7 Å². The summed E-state index contributed by atoms with van der Waals surface area (Å²) in [6.07, 6.45) is 6.45. The van der Waals surface area contributed by atoms with Gasteiger partial charge in [0.2, 0.25) is 0 Å². The van der Waals surface area contributed by atoms with Crippen LogP contribution in [-0.2, 0) is 12.8 Å². The van der Waals surface area contributed by atoms with Gasteiger partial charge in [0, 0.05) is 62.0 Å². The highest BCUT2D eigenvalue weighted by Crippen LogP contribution is 2.32. The molecule has 1 fully saturated rings. The number of methoxy groups -OCH3 is 1. The molecule has 0 unspecified atom stereocenters. The standard InChI is InChI=1S/C26H30N6O.CH2O3/c1-18-11-22(33-4)14-21(28-18)15-23-29-20(12-19-5-8-31-10-7-27-24(31)13-19)16-25(30-23)32-9-6-26(2,3)17-32;2-1(3)4/h5,7-8,10-11,13-14,16H,6,9,12,15,17H2,1-4H3;(H2,2,3,4). The Hall–Kier alpha value is -4.21. The second-order valence-electron chi connectivity index (χ2n) is 9.97. The number of nitrogens with zero attached hydrogens (tertiary/aromatic N) is 6. The van der Waals surface area contributed by atoms with Crippen LogP contribution in [0.25, 0.3) is 5.65 Å². The number of imidazole rings is 1. The molecule has 37 heavy (non-hydrogen) atoms. The maximum Gasteiger partial charge on any atom is 0.503 e. The van der Waals surface area contributed by atoms with Gasteiger partial charge < -0.3 is 24.3 Å². The predicted molar refractivity (Wildman–Crippen MR) is 140 cm³/mol. The molecule has 0 atom stereocenters.